The Morgan fingerprint density at radius 1 is 1.26 bits per heavy atom. The van der Waals surface area contributed by atoms with Crippen LogP contribution in [0.5, 0.6) is 5.75 Å². The van der Waals surface area contributed by atoms with E-state index in [0.717, 1.165) is 0 Å². The molecule has 0 radical (unpaired) electrons. The lowest BCUT2D eigenvalue weighted by Crippen LogP contribution is -2.49. The normalized spacial score (nSPS) is 17.0. The maximum Gasteiger partial charge on any atom is 0.417 e. The summed E-state index contributed by atoms with van der Waals surface area (Å²) in [6, 6.07) is 4.22. The minimum absolute atomic E-state index is 0.117. The molecule has 23 heavy (non-hydrogen) atoms. The molecule has 0 unspecified atom stereocenters. The van der Waals surface area contributed by atoms with Gasteiger partial charge >= 0.3 is 11.8 Å². The molecule has 2 heterocycles. The number of hydrogen-bond donors (Lipinski definition) is 1. The van der Waals surface area contributed by atoms with E-state index in [0.29, 0.717) is 19.3 Å². The zero-order chi connectivity index (χ0) is 16.7. The van der Waals surface area contributed by atoms with Crippen LogP contribution in [0.2, 0.25) is 0 Å². The third-order valence-electron chi connectivity index (χ3n) is 3.72. The molecule has 1 aliphatic rings. The van der Waals surface area contributed by atoms with E-state index in [1.807, 2.05) is 0 Å². The zero-order valence-corrected chi connectivity index (χ0v) is 11.9. The first kappa shape index (κ1) is 15.8. The predicted molar refractivity (Wildman–Crippen MR) is 73.3 cm³/mol. The first-order valence-electron chi connectivity index (χ1n) is 6.80. The molecule has 2 aromatic rings. The fraction of sp³-hybridized carbons (Fsp3) is 0.400. The molecular weight excluding hydrogens is 317 g/mol. The van der Waals surface area contributed by atoms with Gasteiger partial charge in [0.15, 0.2) is 0 Å². The Balaban J connectivity index is 1.91. The summed E-state index contributed by atoms with van der Waals surface area (Å²) in [7, 11) is 0. The molecule has 1 saturated heterocycles. The Kier molecular flexibility index (Phi) is 3.81. The van der Waals surface area contributed by atoms with Crippen molar-refractivity contribution < 1.29 is 32.2 Å². The van der Waals surface area contributed by atoms with Gasteiger partial charge in [0.1, 0.15) is 17.9 Å². The Hall–Kier alpha value is -2.06. The van der Waals surface area contributed by atoms with Gasteiger partial charge in [0.2, 0.25) is 0 Å². The minimum atomic E-state index is -4.65. The molecular formula is C15H13F3O5. The van der Waals surface area contributed by atoms with Gasteiger partial charge < -0.3 is 19.0 Å². The van der Waals surface area contributed by atoms with Gasteiger partial charge in [-0.05, 0) is 12.1 Å². The van der Waals surface area contributed by atoms with Crippen molar-refractivity contribution in [1.29, 1.82) is 0 Å². The van der Waals surface area contributed by atoms with Gasteiger partial charge in [0.05, 0.1) is 30.8 Å². The van der Waals surface area contributed by atoms with Crippen LogP contribution in [-0.4, -0.2) is 31.5 Å². The van der Waals surface area contributed by atoms with Gasteiger partial charge in [0, 0.05) is 17.5 Å². The van der Waals surface area contributed by atoms with Crippen molar-refractivity contribution in [2.75, 3.05) is 26.4 Å². The number of rotatable bonds is 4. The van der Waals surface area contributed by atoms with Crippen LogP contribution in [0.25, 0.3) is 11.0 Å². The molecule has 0 aliphatic carbocycles. The van der Waals surface area contributed by atoms with Gasteiger partial charge in [0.25, 0.3) is 0 Å². The second-order valence-corrected chi connectivity index (χ2v) is 5.57. The SMILES string of the molecule is O=c1cc(C(F)(F)F)c2ccc(OCC3(CO)COC3)cc2o1. The molecule has 0 bridgehead atoms. The quantitative estimate of drug-likeness (QED) is 0.871. The molecule has 1 fully saturated rings. The Morgan fingerprint density at radius 2 is 2.00 bits per heavy atom. The van der Waals surface area contributed by atoms with E-state index in [4.69, 9.17) is 13.9 Å². The van der Waals surface area contributed by atoms with Gasteiger partial charge in [-0.2, -0.15) is 13.2 Å². The van der Waals surface area contributed by atoms with Crippen LogP contribution in [0.1, 0.15) is 5.56 Å². The molecule has 5 nitrogen and oxygen atoms in total. The number of hydrogen-bond acceptors (Lipinski definition) is 5. The number of aliphatic hydroxyl groups is 1. The lowest BCUT2D eigenvalue weighted by molar-refractivity contribution is -0.153. The highest BCUT2D eigenvalue weighted by Crippen LogP contribution is 2.35. The number of ether oxygens (including phenoxy) is 2. The van der Waals surface area contributed by atoms with Crippen molar-refractivity contribution in [3.63, 3.8) is 0 Å². The third kappa shape index (κ3) is 3.04. The van der Waals surface area contributed by atoms with Gasteiger partial charge in [-0.1, -0.05) is 0 Å². The number of aliphatic hydroxyl groups excluding tert-OH is 1. The van der Waals surface area contributed by atoms with E-state index in [9.17, 15) is 23.1 Å². The van der Waals surface area contributed by atoms with Crippen LogP contribution in [0, 0.1) is 5.41 Å². The largest absolute Gasteiger partial charge is 0.493 e. The van der Waals surface area contributed by atoms with E-state index in [1.165, 1.54) is 18.2 Å². The summed E-state index contributed by atoms with van der Waals surface area (Å²) in [5, 5.41) is 9.09. The average Bonchev–Trinajstić information content (AvgIpc) is 2.44. The summed E-state index contributed by atoms with van der Waals surface area (Å²) in [4.78, 5) is 11.3. The molecule has 1 aromatic carbocycles. The van der Waals surface area contributed by atoms with E-state index in [1.54, 1.807) is 0 Å². The molecule has 1 aliphatic heterocycles. The number of halogens is 3. The van der Waals surface area contributed by atoms with Crippen LogP contribution in [0.15, 0.2) is 33.5 Å². The topological polar surface area (TPSA) is 68.9 Å². The van der Waals surface area contributed by atoms with Crippen LogP contribution < -0.4 is 10.4 Å². The molecule has 124 valence electrons. The van der Waals surface area contributed by atoms with E-state index in [2.05, 4.69) is 0 Å². The first-order chi connectivity index (χ1) is 10.8. The van der Waals surface area contributed by atoms with Crippen LogP contribution in [0.3, 0.4) is 0 Å². The van der Waals surface area contributed by atoms with E-state index >= 15 is 0 Å². The summed E-state index contributed by atoms with van der Waals surface area (Å²) in [5.41, 5.74) is -2.83. The summed E-state index contributed by atoms with van der Waals surface area (Å²) in [5.74, 6) is 0.250. The standard InChI is InChI=1S/C15H13F3O5/c16-15(17,18)11-4-13(20)23-12-3-9(1-2-10(11)12)22-8-14(5-19)6-21-7-14/h1-4,19H,5-8H2. The molecule has 8 heteroatoms. The minimum Gasteiger partial charge on any atom is -0.493 e. The average molecular weight is 330 g/mol. The van der Waals surface area contributed by atoms with Crippen LogP contribution in [-0.2, 0) is 10.9 Å². The van der Waals surface area contributed by atoms with Gasteiger partial charge in [-0.25, -0.2) is 4.79 Å². The van der Waals surface area contributed by atoms with Gasteiger partial charge in [-0.3, -0.25) is 0 Å². The van der Waals surface area contributed by atoms with E-state index < -0.39 is 22.8 Å². The lowest BCUT2D eigenvalue weighted by Gasteiger charge is -2.39. The van der Waals surface area contributed by atoms with Crippen LogP contribution >= 0.6 is 0 Å². The summed E-state index contributed by atoms with van der Waals surface area (Å²) >= 11 is 0. The summed E-state index contributed by atoms with van der Waals surface area (Å²) in [6.07, 6.45) is -4.65. The van der Waals surface area contributed by atoms with Crippen molar-refractivity contribution in [3.8, 4) is 5.75 Å². The number of alkyl halides is 3. The highest BCUT2D eigenvalue weighted by atomic mass is 19.4. The fourth-order valence-electron chi connectivity index (χ4n) is 2.31. The Bertz CT molecular complexity index is 771. The molecule has 0 spiro atoms. The van der Waals surface area contributed by atoms with Crippen molar-refractivity contribution >= 4 is 11.0 Å². The zero-order valence-electron chi connectivity index (χ0n) is 11.9. The predicted octanol–water partition coefficient (Wildman–Crippen LogP) is 2.20. The monoisotopic (exact) mass is 330 g/mol. The van der Waals surface area contributed by atoms with Crippen LogP contribution in [0.4, 0.5) is 13.2 Å². The Morgan fingerprint density at radius 3 is 2.57 bits per heavy atom. The van der Waals surface area contributed by atoms with Crippen molar-refractivity contribution in [3.05, 3.63) is 40.2 Å². The van der Waals surface area contributed by atoms with E-state index in [-0.39, 0.29) is 29.9 Å². The molecule has 3 rings (SSSR count). The number of benzene rings is 1. The van der Waals surface area contributed by atoms with Crippen molar-refractivity contribution in [2.45, 2.75) is 6.18 Å². The van der Waals surface area contributed by atoms with Gasteiger partial charge in [-0.15, -0.1) is 0 Å². The molecule has 0 amide bonds. The highest BCUT2D eigenvalue weighted by molar-refractivity contribution is 5.82. The number of fused-ring (bicyclic) bond motifs is 1. The third-order valence-corrected chi connectivity index (χ3v) is 3.72. The second kappa shape index (κ2) is 5.54. The smallest absolute Gasteiger partial charge is 0.417 e. The second-order valence-electron chi connectivity index (χ2n) is 5.57. The maximum absolute atomic E-state index is 12.9. The summed E-state index contributed by atoms with van der Waals surface area (Å²) < 4.78 is 54.2. The maximum atomic E-state index is 12.9. The Labute approximate surface area is 128 Å². The lowest BCUT2D eigenvalue weighted by atomic mass is 9.88. The van der Waals surface area contributed by atoms with Crippen molar-refractivity contribution in [1.82, 2.24) is 0 Å². The highest BCUT2D eigenvalue weighted by Gasteiger charge is 2.39. The molecule has 1 aromatic heterocycles. The fourth-order valence-corrected chi connectivity index (χ4v) is 2.31. The molecule has 0 atom stereocenters. The summed E-state index contributed by atoms with van der Waals surface area (Å²) in [6.45, 7) is 0.737. The first-order valence-corrected chi connectivity index (χ1v) is 6.80. The van der Waals surface area contributed by atoms with Crippen molar-refractivity contribution in [2.24, 2.45) is 5.41 Å². The molecule has 0 saturated carbocycles. The molecule has 1 N–H and O–H groups in total.